The first-order chi connectivity index (χ1) is 9.77. The molecule has 0 saturated carbocycles. The van der Waals surface area contributed by atoms with Crippen LogP contribution in [0.4, 0.5) is 0 Å². The Kier molecular flexibility index (Phi) is 4.93. The molecular weight excluding hydrogens is 250 g/mol. The number of carbonyl (C=O) groups is 1. The maximum Gasteiger partial charge on any atom is 0.256 e. The Labute approximate surface area is 120 Å². The maximum atomic E-state index is 12.7. The van der Waals surface area contributed by atoms with Crippen molar-refractivity contribution >= 4 is 5.91 Å². The lowest BCUT2D eigenvalue weighted by atomic mass is 10.1. The summed E-state index contributed by atoms with van der Waals surface area (Å²) < 4.78 is 1.74. The number of aromatic nitrogens is 2. The zero-order valence-corrected chi connectivity index (χ0v) is 12.1. The van der Waals surface area contributed by atoms with Crippen LogP contribution in [0, 0.1) is 0 Å². The third-order valence-corrected chi connectivity index (χ3v) is 3.34. The minimum atomic E-state index is 0.0760. The third-order valence-electron chi connectivity index (χ3n) is 3.34. The highest BCUT2D eigenvalue weighted by molar-refractivity contribution is 5.97. The van der Waals surface area contributed by atoms with E-state index in [-0.39, 0.29) is 5.91 Å². The molecule has 20 heavy (non-hydrogen) atoms. The predicted molar refractivity (Wildman–Crippen MR) is 80.0 cm³/mol. The molecule has 0 radical (unpaired) electrons. The Morgan fingerprint density at radius 2 is 2.05 bits per heavy atom. The first kappa shape index (κ1) is 14.3. The normalized spacial score (nSPS) is 10.5. The summed E-state index contributed by atoms with van der Waals surface area (Å²) in [4.78, 5) is 14.6. The van der Waals surface area contributed by atoms with E-state index < -0.39 is 0 Å². The second-order valence-electron chi connectivity index (χ2n) is 4.71. The number of unbranched alkanes of at least 4 members (excludes halogenated alkanes) is 1. The number of amides is 1. The van der Waals surface area contributed by atoms with Crippen LogP contribution in [0.15, 0.2) is 42.7 Å². The average Bonchev–Trinajstić information content (AvgIpc) is 3.02. The smallest absolute Gasteiger partial charge is 0.256 e. The summed E-state index contributed by atoms with van der Waals surface area (Å²) in [6.07, 6.45) is 5.69. The second kappa shape index (κ2) is 6.89. The van der Waals surface area contributed by atoms with Crippen molar-refractivity contribution in [1.82, 2.24) is 14.7 Å². The van der Waals surface area contributed by atoms with Crippen molar-refractivity contribution in [2.75, 3.05) is 13.1 Å². The van der Waals surface area contributed by atoms with Gasteiger partial charge in [0.1, 0.15) is 0 Å². The van der Waals surface area contributed by atoms with Crippen molar-refractivity contribution in [3.05, 3.63) is 48.3 Å². The fourth-order valence-electron chi connectivity index (χ4n) is 2.19. The molecule has 4 nitrogen and oxygen atoms in total. The summed E-state index contributed by atoms with van der Waals surface area (Å²) in [6.45, 7) is 5.69. The molecule has 0 atom stereocenters. The van der Waals surface area contributed by atoms with Crippen LogP contribution in [0.25, 0.3) is 5.69 Å². The summed E-state index contributed by atoms with van der Waals surface area (Å²) >= 11 is 0. The van der Waals surface area contributed by atoms with E-state index in [9.17, 15) is 4.79 Å². The molecule has 0 saturated heterocycles. The van der Waals surface area contributed by atoms with Crippen LogP contribution in [-0.2, 0) is 0 Å². The zero-order valence-electron chi connectivity index (χ0n) is 12.1. The minimum absolute atomic E-state index is 0.0760. The molecule has 0 aliphatic rings. The number of hydrogen-bond acceptors (Lipinski definition) is 2. The summed E-state index contributed by atoms with van der Waals surface area (Å²) in [6, 6.07) is 9.47. The van der Waals surface area contributed by atoms with Gasteiger partial charge in [-0.15, -0.1) is 0 Å². The standard InChI is InChI=1S/C16H21N3O/c1-3-5-12-18(4-2)16(20)14-9-6-7-10-15(14)19-13-8-11-17-19/h6-11,13H,3-5,12H2,1-2H3. The van der Waals surface area contributed by atoms with Gasteiger partial charge in [0.2, 0.25) is 0 Å². The van der Waals surface area contributed by atoms with Crippen LogP contribution >= 0.6 is 0 Å². The average molecular weight is 271 g/mol. The van der Waals surface area contributed by atoms with E-state index in [0.29, 0.717) is 5.56 Å². The monoisotopic (exact) mass is 271 g/mol. The Balaban J connectivity index is 2.30. The Morgan fingerprint density at radius 3 is 2.70 bits per heavy atom. The van der Waals surface area contributed by atoms with Crippen molar-refractivity contribution < 1.29 is 4.79 Å². The predicted octanol–water partition coefficient (Wildman–Crippen LogP) is 3.13. The summed E-state index contributed by atoms with van der Waals surface area (Å²) in [5.74, 6) is 0.0760. The van der Waals surface area contributed by atoms with Crippen LogP contribution < -0.4 is 0 Å². The Bertz CT molecular complexity index is 549. The van der Waals surface area contributed by atoms with Gasteiger partial charge >= 0.3 is 0 Å². The van der Waals surface area contributed by atoms with E-state index in [1.165, 1.54) is 0 Å². The second-order valence-corrected chi connectivity index (χ2v) is 4.71. The Morgan fingerprint density at radius 1 is 1.25 bits per heavy atom. The molecule has 2 rings (SSSR count). The SMILES string of the molecule is CCCCN(CC)C(=O)c1ccccc1-n1cccn1. The first-order valence-electron chi connectivity index (χ1n) is 7.16. The molecular formula is C16H21N3O. The molecule has 1 heterocycles. The van der Waals surface area contributed by atoms with Gasteiger partial charge in [-0.1, -0.05) is 25.5 Å². The van der Waals surface area contributed by atoms with E-state index in [1.54, 1.807) is 10.9 Å². The summed E-state index contributed by atoms with van der Waals surface area (Å²) in [7, 11) is 0. The van der Waals surface area contributed by atoms with Gasteiger partial charge in [0.05, 0.1) is 11.3 Å². The highest BCUT2D eigenvalue weighted by Crippen LogP contribution is 2.16. The highest BCUT2D eigenvalue weighted by Gasteiger charge is 2.17. The van der Waals surface area contributed by atoms with Gasteiger partial charge in [0.25, 0.3) is 5.91 Å². The summed E-state index contributed by atoms with van der Waals surface area (Å²) in [5, 5.41) is 4.22. The van der Waals surface area contributed by atoms with Crippen molar-refractivity contribution in [2.45, 2.75) is 26.7 Å². The van der Waals surface area contributed by atoms with E-state index in [1.807, 2.05) is 48.4 Å². The highest BCUT2D eigenvalue weighted by atomic mass is 16.2. The maximum absolute atomic E-state index is 12.7. The molecule has 0 spiro atoms. The van der Waals surface area contributed by atoms with Gasteiger partial charge < -0.3 is 4.90 Å². The number of rotatable bonds is 6. The Hall–Kier alpha value is -2.10. The lowest BCUT2D eigenvalue weighted by Crippen LogP contribution is -2.32. The fourth-order valence-corrected chi connectivity index (χ4v) is 2.19. The molecule has 1 aromatic carbocycles. The number of nitrogens with zero attached hydrogens (tertiary/aromatic N) is 3. The minimum Gasteiger partial charge on any atom is -0.339 e. The van der Waals surface area contributed by atoms with E-state index in [2.05, 4.69) is 12.0 Å². The lowest BCUT2D eigenvalue weighted by molar-refractivity contribution is 0.0762. The molecule has 1 amide bonds. The van der Waals surface area contributed by atoms with Crippen molar-refractivity contribution in [1.29, 1.82) is 0 Å². The molecule has 4 heteroatoms. The van der Waals surface area contributed by atoms with Gasteiger partial charge in [0, 0.05) is 25.5 Å². The molecule has 0 aliphatic carbocycles. The number of benzene rings is 1. The molecule has 0 aliphatic heterocycles. The van der Waals surface area contributed by atoms with Gasteiger partial charge in [-0.2, -0.15) is 5.10 Å². The molecule has 0 fully saturated rings. The van der Waals surface area contributed by atoms with Gasteiger partial charge in [-0.3, -0.25) is 4.79 Å². The molecule has 0 bridgehead atoms. The van der Waals surface area contributed by atoms with Crippen LogP contribution in [0.3, 0.4) is 0 Å². The van der Waals surface area contributed by atoms with Gasteiger partial charge in [0.15, 0.2) is 0 Å². The van der Waals surface area contributed by atoms with Crippen molar-refractivity contribution in [2.24, 2.45) is 0 Å². The molecule has 0 N–H and O–H groups in total. The largest absolute Gasteiger partial charge is 0.339 e. The van der Waals surface area contributed by atoms with Crippen LogP contribution in [0.1, 0.15) is 37.0 Å². The number of hydrogen-bond donors (Lipinski definition) is 0. The lowest BCUT2D eigenvalue weighted by Gasteiger charge is -2.22. The van der Waals surface area contributed by atoms with Crippen molar-refractivity contribution in [3.63, 3.8) is 0 Å². The summed E-state index contributed by atoms with van der Waals surface area (Å²) in [5.41, 5.74) is 1.53. The van der Waals surface area contributed by atoms with Crippen LogP contribution in [0.5, 0.6) is 0 Å². The first-order valence-corrected chi connectivity index (χ1v) is 7.16. The number of carbonyl (C=O) groups excluding carboxylic acids is 1. The molecule has 2 aromatic rings. The quantitative estimate of drug-likeness (QED) is 0.809. The van der Waals surface area contributed by atoms with Gasteiger partial charge in [-0.05, 0) is 31.5 Å². The van der Waals surface area contributed by atoms with Crippen LogP contribution in [-0.4, -0.2) is 33.7 Å². The van der Waals surface area contributed by atoms with E-state index >= 15 is 0 Å². The fraction of sp³-hybridized carbons (Fsp3) is 0.375. The molecule has 0 unspecified atom stereocenters. The van der Waals surface area contributed by atoms with E-state index in [0.717, 1.165) is 31.6 Å². The third kappa shape index (κ3) is 3.07. The zero-order chi connectivity index (χ0) is 14.4. The number of para-hydroxylation sites is 1. The van der Waals surface area contributed by atoms with Crippen LogP contribution in [0.2, 0.25) is 0 Å². The molecule has 106 valence electrons. The topological polar surface area (TPSA) is 38.1 Å². The molecule has 1 aromatic heterocycles. The van der Waals surface area contributed by atoms with Crippen molar-refractivity contribution in [3.8, 4) is 5.69 Å². The van der Waals surface area contributed by atoms with Gasteiger partial charge in [-0.25, -0.2) is 4.68 Å². The van der Waals surface area contributed by atoms with E-state index in [4.69, 9.17) is 0 Å².